The third-order valence-corrected chi connectivity index (χ3v) is 3.17. The van der Waals surface area contributed by atoms with Crippen molar-refractivity contribution in [3.05, 3.63) is 41.9 Å². The van der Waals surface area contributed by atoms with Gasteiger partial charge >= 0.3 is 6.18 Å². The molecule has 1 aliphatic rings. The Balaban J connectivity index is 1.85. The summed E-state index contributed by atoms with van der Waals surface area (Å²) < 4.78 is 44.2. The van der Waals surface area contributed by atoms with E-state index in [4.69, 9.17) is 4.42 Å². The van der Waals surface area contributed by atoms with Crippen LogP contribution in [0.15, 0.2) is 34.9 Å². The van der Waals surface area contributed by atoms with Crippen LogP contribution < -0.4 is 5.32 Å². The SMILES string of the molecule is FC(F)(F)c1ccccc1-c1cnc(CNC2CC2)o1. The maximum atomic E-state index is 12.9. The average Bonchev–Trinajstić information content (AvgIpc) is 3.12. The van der Waals surface area contributed by atoms with Crippen molar-refractivity contribution < 1.29 is 17.6 Å². The zero-order chi connectivity index (χ0) is 14.2. The van der Waals surface area contributed by atoms with E-state index in [1.54, 1.807) is 6.07 Å². The third-order valence-electron chi connectivity index (χ3n) is 3.17. The highest BCUT2D eigenvalue weighted by molar-refractivity contribution is 5.62. The molecule has 106 valence electrons. The van der Waals surface area contributed by atoms with Crippen LogP contribution in [0.2, 0.25) is 0 Å². The molecular weight excluding hydrogens is 269 g/mol. The molecule has 0 saturated heterocycles. The molecule has 1 aromatic carbocycles. The molecule has 0 atom stereocenters. The van der Waals surface area contributed by atoms with Crippen LogP contribution in [0.3, 0.4) is 0 Å². The van der Waals surface area contributed by atoms with E-state index in [1.807, 2.05) is 0 Å². The number of hydrogen-bond donors (Lipinski definition) is 1. The van der Waals surface area contributed by atoms with Crippen molar-refractivity contribution in [2.24, 2.45) is 0 Å². The Labute approximate surface area is 113 Å². The summed E-state index contributed by atoms with van der Waals surface area (Å²) in [5.41, 5.74) is -0.692. The van der Waals surface area contributed by atoms with Crippen molar-refractivity contribution >= 4 is 0 Å². The monoisotopic (exact) mass is 282 g/mol. The van der Waals surface area contributed by atoms with E-state index in [-0.39, 0.29) is 11.3 Å². The first kappa shape index (κ1) is 13.2. The van der Waals surface area contributed by atoms with Gasteiger partial charge in [-0.1, -0.05) is 18.2 Å². The second kappa shape index (κ2) is 4.94. The van der Waals surface area contributed by atoms with Crippen molar-refractivity contribution in [1.82, 2.24) is 10.3 Å². The molecule has 1 aliphatic carbocycles. The number of aromatic nitrogens is 1. The molecule has 6 heteroatoms. The van der Waals surface area contributed by atoms with E-state index in [0.29, 0.717) is 18.5 Å². The van der Waals surface area contributed by atoms with Crippen LogP contribution in [0.25, 0.3) is 11.3 Å². The van der Waals surface area contributed by atoms with Crippen molar-refractivity contribution in [3.8, 4) is 11.3 Å². The Morgan fingerprint density at radius 3 is 2.70 bits per heavy atom. The summed E-state index contributed by atoms with van der Waals surface area (Å²) in [5, 5.41) is 3.20. The van der Waals surface area contributed by atoms with Gasteiger partial charge in [0.15, 0.2) is 5.76 Å². The van der Waals surface area contributed by atoms with E-state index in [1.165, 1.54) is 18.3 Å². The van der Waals surface area contributed by atoms with E-state index >= 15 is 0 Å². The second-order valence-electron chi connectivity index (χ2n) is 4.82. The number of benzene rings is 1. The first-order valence-electron chi connectivity index (χ1n) is 6.39. The normalized spacial score (nSPS) is 15.6. The molecule has 0 bridgehead atoms. The molecule has 0 spiro atoms. The summed E-state index contributed by atoms with van der Waals surface area (Å²) in [6, 6.07) is 5.84. The summed E-state index contributed by atoms with van der Waals surface area (Å²) in [5.74, 6) is 0.550. The standard InChI is InChI=1S/C14H13F3N2O/c15-14(16,17)11-4-2-1-3-10(11)12-7-19-13(20-12)8-18-9-5-6-9/h1-4,7,9,18H,5-6,8H2. The summed E-state index contributed by atoms with van der Waals surface area (Å²) in [4.78, 5) is 4.02. The van der Waals surface area contributed by atoms with Gasteiger partial charge in [-0.05, 0) is 18.9 Å². The Kier molecular flexibility index (Phi) is 3.25. The predicted octanol–water partition coefficient (Wildman–Crippen LogP) is 3.61. The minimum Gasteiger partial charge on any atom is -0.439 e. The van der Waals surface area contributed by atoms with Crippen LogP contribution >= 0.6 is 0 Å². The van der Waals surface area contributed by atoms with Crippen molar-refractivity contribution in [2.75, 3.05) is 0 Å². The lowest BCUT2D eigenvalue weighted by Crippen LogP contribution is -2.15. The smallest absolute Gasteiger partial charge is 0.417 e. The molecule has 0 aliphatic heterocycles. The van der Waals surface area contributed by atoms with Crippen LogP contribution in [-0.2, 0) is 12.7 Å². The lowest BCUT2D eigenvalue weighted by Gasteiger charge is -2.10. The molecule has 3 nitrogen and oxygen atoms in total. The van der Waals surface area contributed by atoms with E-state index in [2.05, 4.69) is 10.3 Å². The summed E-state index contributed by atoms with van der Waals surface area (Å²) in [7, 11) is 0. The Bertz CT molecular complexity index is 602. The molecule has 20 heavy (non-hydrogen) atoms. The van der Waals surface area contributed by atoms with Crippen LogP contribution in [0.1, 0.15) is 24.3 Å². The zero-order valence-corrected chi connectivity index (χ0v) is 10.6. The van der Waals surface area contributed by atoms with Crippen LogP contribution in [0.4, 0.5) is 13.2 Å². The minimum atomic E-state index is -4.41. The van der Waals surface area contributed by atoms with Crippen molar-refractivity contribution in [2.45, 2.75) is 31.6 Å². The number of oxazole rings is 1. The van der Waals surface area contributed by atoms with Gasteiger partial charge in [0.05, 0.1) is 18.3 Å². The van der Waals surface area contributed by atoms with Gasteiger partial charge in [0.25, 0.3) is 0 Å². The fourth-order valence-electron chi connectivity index (χ4n) is 1.98. The van der Waals surface area contributed by atoms with Gasteiger partial charge < -0.3 is 9.73 Å². The number of nitrogens with zero attached hydrogens (tertiary/aromatic N) is 1. The van der Waals surface area contributed by atoms with E-state index < -0.39 is 11.7 Å². The Morgan fingerprint density at radius 1 is 1.25 bits per heavy atom. The summed E-state index contributed by atoms with van der Waals surface area (Å²) in [6.07, 6.45) is -0.806. The van der Waals surface area contributed by atoms with Crippen molar-refractivity contribution in [3.63, 3.8) is 0 Å². The van der Waals surface area contributed by atoms with Crippen molar-refractivity contribution in [1.29, 1.82) is 0 Å². The Morgan fingerprint density at radius 2 is 2.00 bits per heavy atom. The molecule has 1 saturated carbocycles. The topological polar surface area (TPSA) is 38.1 Å². The van der Waals surface area contributed by atoms with Crippen LogP contribution in [0.5, 0.6) is 0 Å². The van der Waals surface area contributed by atoms with Gasteiger partial charge in [0.2, 0.25) is 5.89 Å². The number of nitrogens with one attached hydrogen (secondary N) is 1. The number of halogens is 3. The van der Waals surface area contributed by atoms with Gasteiger partial charge in [-0.2, -0.15) is 13.2 Å². The minimum absolute atomic E-state index is 0.0187. The highest BCUT2D eigenvalue weighted by Gasteiger charge is 2.34. The quantitative estimate of drug-likeness (QED) is 0.931. The van der Waals surface area contributed by atoms with Crippen LogP contribution in [-0.4, -0.2) is 11.0 Å². The second-order valence-corrected chi connectivity index (χ2v) is 4.82. The molecule has 1 aromatic heterocycles. The Hall–Kier alpha value is -1.82. The molecule has 1 N–H and O–H groups in total. The maximum Gasteiger partial charge on any atom is 0.417 e. The van der Waals surface area contributed by atoms with Crippen LogP contribution in [0, 0.1) is 0 Å². The maximum absolute atomic E-state index is 12.9. The largest absolute Gasteiger partial charge is 0.439 e. The van der Waals surface area contributed by atoms with Gasteiger partial charge in [-0.25, -0.2) is 4.98 Å². The molecule has 3 rings (SSSR count). The fraction of sp³-hybridized carbons (Fsp3) is 0.357. The predicted molar refractivity (Wildman–Crippen MR) is 66.8 cm³/mol. The summed E-state index contributed by atoms with van der Waals surface area (Å²) >= 11 is 0. The molecule has 0 unspecified atom stereocenters. The highest BCUT2D eigenvalue weighted by atomic mass is 19.4. The van der Waals surface area contributed by atoms with Gasteiger partial charge in [0.1, 0.15) is 0 Å². The molecule has 1 heterocycles. The average molecular weight is 282 g/mol. The molecule has 0 amide bonds. The number of alkyl halides is 3. The lowest BCUT2D eigenvalue weighted by atomic mass is 10.1. The first-order valence-corrected chi connectivity index (χ1v) is 6.39. The van der Waals surface area contributed by atoms with E-state index in [0.717, 1.165) is 18.9 Å². The fourth-order valence-corrected chi connectivity index (χ4v) is 1.98. The van der Waals surface area contributed by atoms with Gasteiger partial charge in [-0.3, -0.25) is 0 Å². The summed E-state index contributed by atoms with van der Waals surface area (Å²) in [6.45, 7) is 0.443. The van der Waals surface area contributed by atoms with Gasteiger partial charge in [-0.15, -0.1) is 0 Å². The highest BCUT2D eigenvalue weighted by Crippen LogP contribution is 2.37. The third kappa shape index (κ3) is 2.85. The van der Waals surface area contributed by atoms with Gasteiger partial charge in [0, 0.05) is 11.6 Å². The first-order chi connectivity index (χ1) is 9.54. The zero-order valence-electron chi connectivity index (χ0n) is 10.6. The lowest BCUT2D eigenvalue weighted by molar-refractivity contribution is -0.137. The molecule has 0 radical (unpaired) electrons. The molecule has 2 aromatic rings. The number of rotatable bonds is 4. The molecule has 1 fully saturated rings. The van der Waals surface area contributed by atoms with E-state index in [9.17, 15) is 13.2 Å². The number of hydrogen-bond acceptors (Lipinski definition) is 3. The molecular formula is C14H13F3N2O.